The predicted molar refractivity (Wildman–Crippen MR) is 177 cm³/mol. The van der Waals surface area contributed by atoms with E-state index in [1.54, 1.807) is 0 Å². The molecule has 258 valence electrons. The Hall–Kier alpha value is -1.32. The van der Waals surface area contributed by atoms with Crippen LogP contribution in [-0.2, 0) is 27.9 Å². The largest absolute Gasteiger partial charge is 0.472 e. The minimum Gasteiger partial charge on any atom is -0.457 e. The summed E-state index contributed by atoms with van der Waals surface area (Å²) in [5.41, 5.74) is 0. The molecule has 0 aromatic heterocycles. The molecule has 10 heteroatoms. The van der Waals surface area contributed by atoms with Gasteiger partial charge in [-0.2, -0.15) is 0 Å². The van der Waals surface area contributed by atoms with E-state index in [4.69, 9.17) is 23.6 Å². The smallest absolute Gasteiger partial charge is 0.457 e. The van der Waals surface area contributed by atoms with Gasteiger partial charge in [0.25, 0.3) is 0 Å². The normalized spacial score (nSPS) is 14.9. The number of unbranched alkanes of at least 4 members (excludes halogenated alkanes) is 12. The van der Waals surface area contributed by atoms with Crippen molar-refractivity contribution in [3.05, 3.63) is 36.5 Å². The highest BCUT2D eigenvalue weighted by atomic mass is 31.2. The molecule has 0 saturated heterocycles. The fourth-order valence-electron chi connectivity index (χ4n) is 4.25. The van der Waals surface area contributed by atoms with Crippen molar-refractivity contribution in [1.82, 2.24) is 0 Å². The second-order valence-electron chi connectivity index (χ2n) is 11.2. The van der Waals surface area contributed by atoms with Crippen molar-refractivity contribution in [3.63, 3.8) is 0 Å². The molecule has 3 unspecified atom stereocenters. The average molecular weight is 647 g/mol. The molecule has 0 saturated carbocycles. The SMILES string of the molecule is CC/C=C\C/C=C\C/C=C\CCCCCC(=O)OC(COCCCCCCCCCCCC)COP(=O)(O)OCC(O)CO. The van der Waals surface area contributed by atoms with Crippen molar-refractivity contribution in [2.75, 3.05) is 33.0 Å². The van der Waals surface area contributed by atoms with Crippen molar-refractivity contribution in [2.45, 2.75) is 142 Å². The molecule has 0 aromatic carbocycles. The number of rotatable bonds is 32. The van der Waals surface area contributed by atoms with Crippen LogP contribution in [0.3, 0.4) is 0 Å². The molecular formula is C34H63O9P. The Bertz CT molecular complexity index is 785. The molecule has 0 fully saturated rings. The highest BCUT2D eigenvalue weighted by Gasteiger charge is 2.26. The highest BCUT2D eigenvalue weighted by Crippen LogP contribution is 2.43. The highest BCUT2D eigenvalue weighted by molar-refractivity contribution is 7.47. The first-order chi connectivity index (χ1) is 21.3. The van der Waals surface area contributed by atoms with Crippen molar-refractivity contribution >= 4 is 13.8 Å². The Balaban J connectivity index is 4.35. The number of aliphatic hydroxyl groups excluding tert-OH is 2. The van der Waals surface area contributed by atoms with E-state index < -0.39 is 39.2 Å². The monoisotopic (exact) mass is 646 g/mol. The summed E-state index contributed by atoms with van der Waals surface area (Å²) < 4.78 is 33.0. The second kappa shape index (κ2) is 31.7. The Morgan fingerprint density at radius 2 is 1.30 bits per heavy atom. The maximum atomic E-state index is 12.5. The third kappa shape index (κ3) is 30.7. The van der Waals surface area contributed by atoms with Gasteiger partial charge >= 0.3 is 13.8 Å². The summed E-state index contributed by atoms with van der Waals surface area (Å²) in [5.74, 6) is -0.414. The lowest BCUT2D eigenvalue weighted by Crippen LogP contribution is -2.29. The number of carbonyl (C=O) groups excluding carboxylic acids is 1. The summed E-state index contributed by atoms with van der Waals surface area (Å²) in [6, 6.07) is 0. The van der Waals surface area contributed by atoms with Gasteiger partial charge in [-0.3, -0.25) is 13.8 Å². The average Bonchev–Trinajstić information content (AvgIpc) is 3.01. The molecule has 0 aliphatic carbocycles. The van der Waals surface area contributed by atoms with E-state index in [0.29, 0.717) is 13.0 Å². The van der Waals surface area contributed by atoms with Gasteiger partial charge in [0.05, 0.1) is 26.4 Å². The first-order valence-corrected chi connectivity index (χ1v) is 18.5. The van der Waals surface area contributed by atoms with Gasteiger partial charge in [-0.05, 0) is 44.9 Å². The lowest BCUT2D eigenvalue weighted by Gasteiger charge is -2.20. The van der Waals surface area contributed by atoms with Crippen LogP contribution in [0.15, 0.2) is 36.5 Å². The molecule has 0 heterocycles. The molecule has 0 spiro atoms. The number of phosphoric ester groups is 1. The standard InChI is InChI=1S/C34H63O9P/c1-3-5-7-9-11-13-15-16-17-18-20-22-24-26-34(37)43-33(31-42-44(38,39)41-29-32(36)28-35)30-40-27-25-23-21-19-14-12-10-8-6-4-2/h5,7,11,13,16-17,32-33,35-36H,3-4,6,8-10,12,14-15,18-31H2,1-2H3,(H,38,39)/b7-5-,13-11-,17-16-. The zero-order valence-electron chi connectivity index (χ0n) is 27.6. The molecule has 9 nitrogen and oxygen atoms in total. The van der Waals surface area contributed by atoms with Gasteiger partial charge in [0.2, 0.25) is 0 Å². The molecule has 0 aliphatic rings. The summed E-state index contributed by atoms with van der Waals surface area (Å²) >= 11 is 0. The fraction of sp³-hybridized carbons (Fsp3) is 0.794. The zero-order valence-corrected chi connectivity index (χ0v) is 28.5. The van der Waals surface area contributed by atoms with Crippen molar-refractivity contribution < 1.29 is 43.0 Å². The lowest BCUT2D eigenvalue weighted by atomic mass is 10.1. The number of esters is 1. The van der Waals surface area contributed by atoms with Gasteiger partial charge in [-0.1, -0.05) is 115 Å². The van der Waals surface area contributed by atoms with Gasteiger partial charge in [0.1, 0.15) is 12.2 Å². The molecule has 0 aliphatic heterocycles. The molecule has 3 N–H and O–H groups in total. The van der Waals surface area contributed by atoms with Gasteiger partial charge in [-0.15, -0.1) is 0 Å². The summed E-state index contributed by atoms with van der Waals surface area (Å²) in [5, 5.41) is 18.2. The first kappa shape index (κ1) is 42.7. The Morgan fingerprint density at radius 1 is 0.727 bits per heavy atom. The van der Waals surface area contributed by atoms with Crippen LogP contribution in [0.1, 0.15) is 129 Å². The molecule has 0 bridgehead atoms. The lowest BCUT2D eigenvalue weighted by molar-refractivity contribution is -0.154. The van der Waals surface area contributed by atoms with E-state index in [1.807, 2.05) is 0 Å². The van der Waals surface area contributed by atoms with Gasteiger partial charge in [-0.25, -0.2) is 4.57 Å². The van der Waals surface area contributed by atoms with Crippen molar-refractivity contribution in [2.24, 2.45) is 0 Å². The Labute approximate surface area is 267 Å². The van der Waals surface area contributed by atoms with Crippen LogP contribution in [0, 0.1) is 0 Å². The topological polar surface area (TPSA) is 132 Å². The van der Waals surface area contributed by atoms with Crippen LogP contribution in [0.5, 0.6) is 0 Å². The van der Waals surface area contributed by atoms with Crippen molar-refractivity contribution in [1.29, 1.82) is 0 Å². The Kier molecular flexibility index (Phi) is 30.7. The minimum atomic E-state index is -4.51. The first-order valence-electron chi connectivity index (χ1n) is 17.0. The zero-order chi connectivity index (χ0) is 32.6. The van der Waals surface area contributed by atoms with E-state index in [0.717, 1.165) is 57.8 Å². The number of hydrogen-bond acceptors (Lipinski definition) is 8. The van der Waals surface area contributed by atoms with E-state index in [1.165, 1.54) is 44.9 Å². The quantitative estimate of drug-likeness (QED) is 0.0287. The van der Waals surface area contributed by atoms with E-state index in [-0.39, 0.29) is 19.6 Å². The third-order valence-electron chi connectivity index (χ3n) is 6.84. The number of allylic oxidation sites excluding steroid dienone is 6. The summed E-state index contributed by atoms with van der Waals surface area (Å²) in [6.45, 7) is 3.32. The van der Waals surface area contributed by atoms with E-state index >= 15 is 0 Å². The van der Waals surface area contributed by atoms with Crippen LogP contribution in [0.2, 0.25) is 0 Å². The molecule has 3 atom stereocenters. The van der Waals surface area contributed by atoms with Crippen LogP contribution in [-0.4, -0.2) is 66.3 Å². The van der Waals surface area contributed by atoms with E-state index in [9.17, 15) is 19.4 Å². The van der Waals surface area contributed by atoms with Crippen LogP contribution >= 0.6 is 7.82 Å². The second-order valence-corrected chi connectivity index (χ2v) is 12.6. The maximum Gasteiger partial charge on any atom is 0.472 e. The number of aliphatic hydroxyl groups is 2. The van der Waals surface area contributed by atoms with Crippen molar-refractivity contribution in [3.8, 4) is 0 Å². The predicted octanol–water partition coefficient (Wildman–Crippen LogP) is 8.13. The van der Waals surface area contributed by atoms with Crippen LogP contribution < -0.4 is 0 Å². The molecule has 0 radical (unpaired) electrons. The molecule has 0 rings (SSSR count). The van der Waals surface area contributed by atoms with Crippen LogP contribution in [0.25, 0.3) is 0 Å². The molecule has 0 aromatic rings. The maximum absolute atomic E-state index is 12.5. The fourth-order valence-corrected chi connectivity index (χ4v) is 5.04. The molecule has 44 heavy (non-hydrogen) atoms. The third-order valence-corrected chi connectivity index (χ3v) is 7.79. The van der Waals surface area contributed by atoms with E-state index in [2.05, 4.69) is 50.3 Å². The number of carbonyl (C=O) groups is 1. The number of ether oxygens (including phenoxy) is 2. The summed E-state index contributed by atoms with van der Waals surface area (Å²) in [7, 11) is -4.51. The number of phosphoric acid groups is 1. The number of hydrogen-bond donors (Lipinski definition) is 3. The van der Waals surface area contributed by atoms with Gasteiger partial charge < -0.3 is 24.6 Å². The Morgan fingerprint density at radius 3 is 1.93 bits per heavy atom. The van der Waals surface area contributed by atoms with Gasteiger partial charge in [0.15, 0.2) is 0 Å². The van der Waals surface area contributed by atoms with Gasteiger partial charge in [0, 0.05) is 13.0 Å². The summed E-state index contributed by atoms with van der Waals surface area (Å²) in [6.07, 6.45) is 29.6. The molecular weight excluding hydrogens is 583 g/mol. The summed E-state index contributed by atoms with van der Waals surface area (Å²) in [4.78, 5) is 22.3. The molecule has 0 amide bonds. The van der Waals surface area contributed by atoms with Crippen LogP contribution in [0.4, 0.5) is 0 Å². The minimum absolute atomic E-state index is 0.0383.